The molecule has 0 unspecified atom stereocenters. The minimum atomic E-state index is -0.333. The Morgan fingerprint density at radius 2 is 1.61 bits per heavy atom. The van der Waals surface area contributed by atoms with Gasteiger partial charge in [-0.05, 0) is 47.7 Å². The van der Waals surface area contributed by atoms with Crippen LogP contribution < -0.4 is 4.90 Å². The van der Waals surface area contributed by atoms with Crippen LogP contribution in [0.15, 0.2) is 59.5 Å². The fourth-order valence-electron chi connectivity index (χ4n) is 3.32. The van der Waals surface area contributed by atoms with E-state index in [-0.39, 0.29) is 17.0 Å². The molecule has 2 saturated heterocycles. The van der Waals surface area contributed by atoms with Crippen molar-refractivity contribution in [1.82, 2.24) is 9.80 Å². The quantitative estimate of drug-likeness (QED) is 0.737. The van der Waals surface area contributed by atoms with E-state index in [1.54, 1.807) is 18.2 Å². The maximum absolute atomic E-state index is 13.0. The number of thioether (sulfide) groups is 1. The Hall–Kier alpha value is -2.64. The normalized spacial score (nSPS) is 19.7. The van der Waals surface area contributed by atoms with Gasteiger partial charge in [-0.2, -0.15) is 0 Å². The van der Waals surface area contributed by atoms with Crippen LogP contribution in [0.1, 0.15) is 5.56 Å². The average Bonchev–Trinajstić information content (AvgIpc) is 2.98. The predicted octanol–water partition coefficient (Wildman–Crippen LogP) is 3.64. The number of hydrogen-bond donors (Lipinski definition) is 0. The maximum atomic E-state index is 13.0. The molecule has 2 fully saturated rings. The molecular formula is C21H20FN3O2S. The summed E-state index contributed by atoms with van der Waals surface area (Å²) in [5.41, 5.74) is 1.89. The lowest BCUT2D eigenvalue weighted by Gasteiger charge is -2.37. The van der Waals surface area contributed by atoms with Crippen LogP contribution in [0.3, 0.4) is 0 Å². The molecule has 2 aromatic carbocycles. The number of imide groups is 1. The van der Waals surface area contributed by atoms with Gasteiger partial charge in [0.05, 0.1) is 11.6 Å². The van der Waals surface area contributed by atoms with Crippen molar-refractivity contribution in [3.05, 3.63) is 70.9 Å². The maximum Gasteiger partial charge on any atom is 0.294 e. The van der Waals surface area contributed by atoms with Crippen LogP contribution in [-0.2, 0) is 4.79 Å². The molecule has 0 atom stereocenters. The van der Waals surface area contributed by atoms with Gasteiger partial charge in [0, 0.05) is 31.9 Å². The first-order valence-electron chi connectivity index (χ1n) is 9.13. The SMILES string of the molecule is O=C1SC(=Cc2ccc(F)cc2)C(=O)N1CN1CCN(c2ccccc2)CC1. The molecule has 0 aliphatic carbocycles. The summed E-state index contributed by atoms with van der Waals surface area (Å²) in [7, 11) is 0. The summed E-state index contributed by atoms with van der Waals surface area (Å²) in [6.45, 7) is 3.58. The highest BCUT2D eigenvalue weighted by Gasteiger charge is 2.36. The molecule has 7 heteroatoms. The van der Waals surface area contributed by atoms with E-state index < -0.39 is 0 Å². The number of para-hydroxylation sites is 1. The molecule has 2 aromatic rings. The predicted molar refractivity (Wildman–Crippen MR) is 109 cm³/mol. The Kier molecular flexibility index (Phi) is 5.45. The van der Waals surface area contributed by atoms with E-state index in [9.17, 15) is 14.0 Å². The second-order valence-corrected chi connectivity index (χ2v) is 7.74. The number of amides is 2. The molecule has 144 valence electrons. The number of hydrogen-bond acceptors (Lipinski definition) is 5. The van der Waals surface area contributed by atoms with Crippen molar-refractivity contribution >= 4 is 34.7 Å². The summed E-state index contributed by atoms with van der Waals surface area (Å²) in [5, 5.41) is -0.260. The third-order valence-electron chi connectivity index (χ3n) is 4.88. The van der Waals surface area contributed by atoms with Crippen molar-refractivity contribution in [2.24, 2.45) is 0 Å². The van der Waals surface area contributed by atoms with Crippen molar-refractivity contribution < 1.29 is 14.0 Å². The van der Waals surface area contributed by atoms with Crippen LogP contribution in [0.2, 0.25) is 0 Å². The van der Waals surface area contributed by atoms with Crippen LogP contribution in [0.4, 0.5) is 14.9 Å². The van der Waals surface area contributed by atoms with Gasteiger partial charge in [0.2, 0.25) is 0 Å². The van der Waals surface area contributed by atoms with Gasteiger partial charge in [-0.25, -0.2) is 4.39 Å². The zero-order chi connectivity index (χ0) is 19.5. The second kappa shape index (κ2) is 8.16. The van der Waals surface area contributed by atoms with Gasteiger partial charge in [0.25, 0.3) is 11.1 Å². The van der Waals surface area contributed by atoms with Crippen LogP contribution in [0.25, 0.3) is 6.08 Å². The van der Waals surface area contributed by atoms with Crippen molar-refractivity contribution in [2.45, 2.75) is 0 Å². The molecule has 0 aromatic heterocycles. The second-order valence-electron chi connectivity index (χ2n) is 6.74. The number of nitrogens with zero attached hydrogens (tertiary/aromatic N) is 3. The highest BCUT2D eigenvalue weighted by Crippen LogP contribution is 2.32. The number of anilines is 1. The summed E-state index contributed by atoms with van der Waals surface area (Å²) in [4.78, 5) is 31.1. The Morgan fingerprint density at radius 3 is 2.29 bits per heavy atom. The molecule has 2 heterocycles. The summed E-state index contributed by atoms with van der Waals surface area (Å²) in [5.74, 6) is -0.621. The fraction of sp³-hybridized carbons (Fsp3) is 0.238. The molecule has 2 aliphatic rings. The van der Waals surface area contributed by atoms with Crippen molar-refractivity contribution in [2.75, 3.05) is 37.7 Å². The Balaban J connectivity index is 1.37. The van der Waals surface area contributed by atoms with Gasteiger partial charge in [-0.15, -0.1) is 0 Å². The number of rotatable bonds is 4. The van der Waals surface area contributed by atoms with E-state index >= 15 is 0 Å². The zero-order valence-electron chi connectivity index (χ0n) is 15.3. The minimum absolute atomic E-state index is 0.260. The van der Waals surface area contributed by atoms with Gasteiger partial charge in [-0.1, -0.05) is 30.3 Å². The number of halogens is 1. The van der Waals surface area contributed by atoms with Gasteiger partial charge >= 0.3 is 0 Å². The molecule has 2 amide bonds. The van der Waals surface area contributed by atoms with Crippen molar-refractivity contribution in [3.8, 4) is 0 Å². The molecule has 28 heavy (non-hydrogen) atoms. The van der Waals surface area contributed by atoms with Crippen molar-refractivity contribution in [1.29, 1.82) is 0 Å². The Labute approximate surface area is 167 Å². The third-order valence-corrected chi connectivity index (χ3v) is 5.78. The number of piperazine rings is 1. The first-order valence-corrected chi connectivity index (χ1v) is 9.95. The molecule has 0 N–H and O–H groups in total. The first-order chi connectivity index (χ1) is 13.6. The van der Waals surface area contributed by atoms with E-state index in [4.69, 9.17) is 0 Å². The first kappa shape index (κ1) is 18.7. The Morgan fingerprint density at radius 1 is 0.929 bits per heavy atom. The summed E-state index contributed by atoms with van der Waals surface area (Å²) < 4.78 is 13.0. The molecule has 0 saturated carbocycles. The van der Waals surface area contributed by atoms with Gasteiger partial charge in [0.15, 0.2) is 0 Å². The third kappa shape index (κ3) is 4.10. The van der Waals surface area contributed by atoms with Crippen LogP contribution in [0.5, 0.6) is 0 Å². The molecule has 5 nitrogen and oxygen atoms in total. The minimum Gasteiger partial charge on any atom is -0.369 e. The number of benzene rings is 2. The fourth-order valence-corrected chi connectivity index (χ4v) is 4.15. The molecule has 4 rings (SSSR count). The molecule has 0 radical (unpaired) electrons. The standard InChI is InChI=1S/C21H20FN3O2S/c22-17-8-6-16(7-9-17)14-19-20(26)25(21(27)28-19)15-23-10-12-24(13-11-23)18-4-2-1-3-5-18/h1-9,14H,10-13,15H2. The lowest BCUT2D eigenvalue weighted by Crippen LogP contribution is -2.50. The zero-order valence-corrected chi connectivity index (χ0v) is 16.1. The molecular weight excluding hydrogens is 377 g/mol. The summed E-state index contributed by atoms with van der Waals surface area (Å²) >= 11 is 0.935. The highest BCUT2D eigenvalue weighted by atomic mass is 32.2. The Bertz CT molecular complexity index is 894. The highest BCUT2D eigenvalue weighted by molar-refractivity contribution is 8.18. The van der Waals surface area contributed by atoms with Crippen LogP contribution in [-0.4, -0.2) is 53.8 Å². The number of carbonyl (C=O) groups excluding carboxylic acids is 2. The van der Waals surface area contributed by atoms with Crippen molar-refractivity contribution in [3.63, 3.8) is 0 Å². The van der Waals surface area contributed by atoms with Gasteiger partial charge < -0.3 is 4.90 Å². The summed E-state index contributed by atoms with van der Waals surface area (Å²) in [6, 6.07) is 16.1. The largest absolute Gasteiger partial charge is 0.369 e. The van der Waals surface area contributed by atoms with E-state index in [1.807, 2.05) is 18.2 Å². The van der Waals surface area contributed by atoms with Crippen LogP contribution >= 0.6 is 11.8 Å². The molecule has 0 spiro atoms. The van der Waals surface area contributed by atoms with Crippen LogP contribution in [0, 0.1) is 5.82 Å². The van der Waals surface area contributed by atoms with Gasteiger partial charge in [0.1, 0.15) is 5.82 Å². The lowest BCUT2D eigenvalue weighted by molar-refractivity contribution is -0.124. The monoisotopic (exact) mass is 397 g/mol. The van der Waals surface area contributed by atoms with E-state index in [1.165, 1.54) is 22.7 Å². The lowest BCUT2D eigenvalue weighted by atomic mass is 10.2. The smallest absolute Gasteiger partial charge is 0.294 e. The molecule has 0 bridgehead atoms. The van der Waals surface area contributed by atoms with E-state index in [0.717, 1.165) is 37.9 Å². The van der Waals surface area contributed by atoms with E-state index in [0.29, 0.717) is 17.1 Å². The summed E-state index contributed by atoms with van der Waals surface area (Å²) in [6.07, 6.45) is 1.64. The number of carbonyl (C=O) groups is 2. The topological polar surface area (TPSA) is 43.9 Å². The van der Waals surface area contributed by atoms with Gasteiger partial charge in [-0.3, -0.25) is 19.4 Å². The van der Waals surface area contributed by atoms with E-state index in [2.05, 4.69) is 21.9 Å². The molecule has 2 aliphatic heterocycles. The average molecular weight is 397 g/mol.